The number of hydrogen-bond acceptors (Lipinski definition) is 1. The summed E-state index contributed by atoms with van der Waals surface area (Å²) in [5, 5.41) is 6.42. The standard InChI is InChI=1S/C20H27N/c1-15-7-9-17(10-8-15)14-21-16(2)19-12-11-18-5-3-4-6-20(18)13-19/h3-6,11-13,15-17,21H,7-10,14H2,1-2H3. The van der Waals surface area contributed by atoms with E-state index in [1.54, 1.807) is 0 Å². The maximum Gasteiger partial charge on any atom is 0.0292 e. The van der Waals surface area contributed by atoms with Crippen LogP contribution in [0, 0.1) is 11.8 Å². The lowest BCUT2D eigenvalue weighted by Gasteiger charge is -2.27. The van der Waals surface area contributed by atoms with Crippen LogP contribution in [-0.4, -0.2) is 6.54 Å². The fraction of sp³-hybridized carbons (Fsp3) is 0.500. The van der Waals surface area contributed by atoms with Crippen molar-refractivity contribution in [1.29, 1.82) is 0 Å². The van der Waals surface area contributed by atoms with Gasteiger partial charge in [-0.25, -0.2) is 0 Å². The molecule has 1 saturated carbocycles. The van der Waals surface area contributed by atoms with E-state index < -0.39 is 0 Å². The fourth-order valence-electron chi connectivity index (χ4n) is 3.47. The molecule has 0 bridgehead atoms. The van der Waals surface area contributed by atoms with Gasteiger partial charge in [0.2, 0.25) is 0 Å². The summed E-state index contributed by atoms with van der Waals surface area (Å²) in [7, 11) is 0. The van der Waals surface area contributed by atoms with Crippen molar-refractivity contribution in [2.24, 2.45) is 11.8 Å². The number of fused-ring (bicyclic) bond motifs is 1. The highest BCUT2D eigenvalue weighted by atomic mass is 14.9. The molecule has 1 aliphatic carbocycles. The van der Waals surface area contributed by atoms with E-state index in [1.807, 2.05) is 0 Å². The predicted molar refractivity (Wildman–Crippen MR) is 91.5 cm³/mol. The normalized spacial score (nSPS) is 24.1. The lowest BCUT2D eigenvalue weighted by molar-refractivity contribution is 0.276. The summed E-state index contributed by atoms with van der Waals surface area (Å²) < 4.78 is 0. The monoisotopic (exact) mass is 281 g/mol. The molecule has 2 aromatic carbocycles. The third-order valence-electron chi connectivity index (χ3n) is 5.12. The fourth-order valence-corrected chi connectivity index (χ4v) is 3.47. The van der Waals surface area contributed by atoms with Gasteiger partial charge in [-0.2, -0.15) is 0 Å². The van der Waals surface area contributed by atoms with Crippen LogP contribution in [-0.2, 0) is 0 Å². The molecule has 1 unspecified atom stereocenters. The second kappa shape index (κ2) is 6.62. The maximum absolute atomic E-state index is 3.75. The van der Waals surface area contributed by atoms with Crippen molar-refractivity contribution < 1.29 is 0 Å². The van der Waals surface area contributed by atoms with Crippen molar-refractivity contribution in [3.8, 4) is 0 Å². The highest BCUT2D eigenvalue weighted by Crippen LogP contribution is 2.28. The Morgan fingerprint density at radius 2 is 1.71 bits per heavy atom. The molecule has 0 aromatic heterocycles. The van der Waals surface area contributed by atoms with Crippen LogP contribution in [0.2, 0.25) is 0 Å². The quantitative estimate of drug-likeness (QED) is 0.800. The molecule has 0 spiro atoms. The van der Waals surface area contributed by atoms with Crippen LogP contribution >= 0.6 is 0 Å². The van der Waals surface area contributed by atoms with E-state index in [-0.39, 0.29) is 0 Å². The zero-order valence-corrected chi connectivity index (χ0v) is 13.3. The van der Waals surface area contributed by atoms with Crippen LogP contribution in [0.1, 0.15) is 51.1 Å². The number of rotatable bonds is 4. The van der Waals surface area contributed by atoms with E-state index in [9.17, 15) is 0 Å². The molecule has 1 N–H and O–H groups in total. The summed E-state index contributed by atoms with van der Waals surface area (Å²) in [6.45, 7) is 5.84. The molecule has 1 nitrogen and oxygen atoms in total. The minimum absolute atomic E-state index is 0.439. The van der Waals surface area contributed by atoms with E-state index in [0.717, 1.165) is 11.8 Å². The first kappa shape index (κ1) is 14.6. The van der Waals surface area contributed by atoms with Gasteiger partial charge < -0.3 is 5.32 Å². The zero-order valence-electron chi connectivity index (χ0n) is 13.3. The van der Waals surface area contributed by atoms with Crippen molar-refractivity contribution in [1.82, 2.24) is 5.32 Å². The Balaban J connectivity index is 1.60. The van der Waals surface area contributed by atoms with Gasteiger partial charge in [-0.05, 0) is 60.5 Å². The minimum atomic E-state index is 0.439. The molecule has 0 amide bonds. The molecule has 1 heteroatoms. The highest BCUT2D eigenvalue weighted by molar-refractivity contribution is 5.83. The Morgan fingerprint density at radius 3 is 2.48 bits per heavy atom. The lowest BCUT2D eigenvalue weighted by atomic mass is 9.83. The van der Waals surface area contributed by atoms with Gasteiger partial charge in [-0.15, -0.1) is 0 Å². The summed E-state index contributed by atoms with van der Waals surface area (Å²) in [6, 6.07) is 15.9. The van der Waals surface area contributed by atoms with Crippen molar-refractivity contribution in [3.63, 3.8) is 0 Å². The molecular formula is C20H27N. The molecule has 3 rings (SSSR count). The summed E-state index contributed by atoms with van der Waals surface area (Å²) in [5.41, 5.74) is 1.40. The van der Waals surface area contributed by atoms with Crippen molar-refractivity contribution >= 4 is 10.8 Å². The van der Waals surface area contributed by atoms with Gasteiger partial charge >= 0.3 is 0 Å². The van der Waals surface area contributed by atoms with Crippen LogP contribution in [0.3, 0.4) is 0 Å². The smallest absolute Gasteiger partial charge is 0.0292 e. The Labute approximate surface area is 128 Å². The van der Waals surface area contributed by atoms with Crippen LogP contribution in [0.15, 0.2) is 42.5 Å². The lowest BCUT2D eigenvalue weighted by Crippen LogP contribution is -2.28. The molecule has 1 atom stereocenters. The molecule has 1 fully saturated rings. The van der Waals surface area contributed by atoms with Crippen molar-refractivity contribution in [3.05, 3.63) is 48.0 Å². The number of nitrogens with one attached hydrogen (secondary N) is 1. The van der Waals surface area contributed by atoms with Gasteiger partial charge in [0.1, 0.15) is 0 Å². The second-order valence-corrected chi connectivity index (χ2v) is 6.86. The predicted octanol–water partition coefficient (Wildman–Crippen LogP) is 5.32. The summed E-state index contributed by atoms with van der Waals surface area (Å²) >= 11 is 0. The first-order chi connectivity index (χ1) is 10.2. The topological polar surface area (TPSA) is 12.0 Å². The summed E-state index contributed by atoms with van der Waals surface area (Å²) in [4.78, 5) is 0. The molecule has 112 valence electrons. The first-order valence-corrected chi connectivity index (χ1v) is 8.44. The van der Waals surface area contributed by atoms with E-state index in [0.29, 0.717) is 6.04 Å². The average Bonchev–Trinajstić information content (AvgIpc) is 2.53. The van der Waals surface area contributed by atoms with Gasteiger partial charge in [0, 0.05) is 6.04 Å². The third kappa shape index (κ3) is 3.65. The largest absolute Gasteiger partial charge is 0.310 e. The number of hydrogen-bond donors (Lipinski definition) is 1. The van der Waals surface area contributed by atoms with E-state index in [1.165, 1.54) is 48.6 Å². The molecule has 21 heavy (non-hydrogen) atoms. The van der Waals surface area contributed by atoms with Crippen molar-refractivity contribution in [2.45, 2.75) is 45.6 Å². The molecule has 2 aromatic rings. The minimum Gasteiger partial charge on any atom is -0.310 e. The second-order valence-electron chi connectivity index (χ2n) is 6.86. The third-order valence-corrected chi connectivity index (χ3v) is 5.12. The Kier molecular flexibility index (Phi) is 4.60. The summed E-state index contributed by atoms with van der Waals surface area (Å²) in [5.74, 6) is 1.82. The van der Waals surface area contributed by atoms with Crippen LogP contribution < -0.4 is 5.32 Å². The number of benzene rings is 2. The van der Waals surface area contributed by atoms with E-state index in [4.69, 9.17) is 0 Å². The van der Waals surface area contributed by atoms with Gasteiger partial charge in [0.25, 0.3) is 0 Å². The molecule has 0 aliphatic heterocycles. The molecule has 0 radical (unpaired) electrons. The van der Waals surface area contributed by atoms with Crippen molar-refractivity contribution in [2.75, 3.05) is 6.54 Å². The van der Waals surface area contributed by atoms with Gasteiger partial charge in [-0.3, -0.25) is 0 Å². The zero-order chi connectivity index (χ0) is 14.7. The van der Waals surface area contributed by atoms with Crippen LogP contribution in [0.5, 0.6) is 0 Å². The van der Waals surface area contributed by atoms with Gasteiger partial charge in [0.15, 0.2) is 0 Å². The maximum atomic E-state index is 3.75. The first-order valence-electron chi connectivity index (χ1n) is 8.44. The van der Waals surface area contributed by atoms with Gasteiger partial charge in [-0.1, -0.05) is 56.2 Å². The molecule has 0 saturated heterocycles. The van der Waals surface area contributed by atoms with Crippen LogP contribution in [0.25, 0.3) is 10.8 Å². The van der Waals surface area contributed by atoms with E-state index >= 15 is 0 Å². The van der Waals surface area contributed by atoms with Gasteiger partial charge in [0.05, 0.1) is 0 Å². The molecule has 0 heterocycles. The summed E-state index contributed by atoms with van der Waals surface area (Å²) in [6.07, 6.45) is 5.63. The molecular weight excluding hydrogens is 254 g/mol. The Bertz CT molecular complexity index is 581. The Hall–Kier alpha value is -1.34. The van der Waals surface area contributed by atoms with Crippen LogP contribution in [0.4, 0.5) is 0 Å². The van der Waals surface area contributed by atoms with E-state index in [2.05, 4.69) is 61.6 Å². The highest BCUT2D eigenvalue weighted by Gasteiger charge is 2.18. The molecule has 1 aliphatic rings. The average molecular weight is 281 g/mol. The SMILES string of the molecule is CC1CCC(CNC(C)c2ccc3ccccc3c2)CC1. The Morgan fingerprint density at radius 1 is 1.00 bits per heavy atom.